The van der Waals surface area contributed by atoms with Gasteiger partial charge in [0.05, 0.1) is 11.6 Å². The molecule has 0 aromatic rings. The van der Waals surface area contributed by atoms with Crippen molar-refractivity contribution in [3.8, 4) is 0 Å². The molecule has 0 aromatic carbocycles. The van der Waals surface area contributed by atoms with Gasteiger partial charge in [-0.3, -0.25) is 0 Å². The van der Waals surface area contributed by atoms with Gasteiger partial charge >= 0.3 is 0 Å². The zero-order valence-corrected chi connectivity index (χ0v) is 8.00. The molecule has 0 amide bonds. The molecule has 1 aliphatic heterocycles. The van der Waals surface area contributed by atoms with Crippen molar-refractivity contribution < 1.29 is 9.84 Å². The summed E-state index contributed by atoms with van der Waals surface area (Å²) in [6, 6.07) is 0. The molecule has 0 spiro atoms. The lowest BCUT2D eigenvalue weighted by Gasteiger charge is -2.07. The van der Waals surface area contributed by atoms with Crippen molar-refractivity contribution in [1.82, 2.24) is 0 Å². The summed E-state index contributed by atoms with van der Waals surface area (Å²) in [7, 11) is 0. The molecule has 3 nitrogen and oxygen atoms in total. The molecule has 0 saturated carbocycles. The van der Waals surface area contributed by atoms with E-state index in [4.69, 9.17) is 9.84 Å². The van der Waals surface area contributed by atoms with Gasteiger partial charge in [-0.1, -0.05) is 0 Å². The van der Waals surface area contributed by atoms with E-state index in [0.717, 1.165) is 18.7 Å². The van der Waals surface area contributed by atoms with Crippen LogP contribution >= 0.6 is 0 Å². The van der Waals surface area contributed by atoms with Crippen molar-refractivity contribution in [3.05, 3.63) is 0 Å². The molecule has 0 radical (unpaired) electrons. The van der Waals surface area contributed by atoms with Crippen LogP contribution < -0.4 is 0 Å². The average Bonchev–Trinajstić information content (AvgIpc) is 2.26. The van der Waals surface area contributed by atoms with Gasteiger partial charge in [-0.15, -0.1) is 0 Å². The van der Waals surface area contributed by atoms with Gasteiger partial charge in [0.15, 0.2) is 5.90 Å². The summed E-state index contributed by atoms with van der Waals surface area (Å²) >= 11 is 0. The van der Waals surface area contributed by atoms with E-state index in [1.165, 1.54) is 0 Å². The van der Waals surface area contributed by atoms with Crippen molar-refractivity contribution in [3.63, 3.8) is 0 Å². The monoisotopic (exact) mass is 171 g/mol. The summed E-state index contributed by atoms with van der Waals surface area (Å²) in [6.45, 7) is 6.54. The van der Waals surface area contributed by atoms with Gasteiger partial charge in [-0.05, 0) is 27.2 Å². The lowest BCUT2D eigenvalue weighted by Crippen LogP contribution is -2.17. The van der Waals surface area contributed by atoms with E-state index >= 15 is 0 Å². The number of ether oxygens (including phenoxy) is 1. The Bertz CT molecular complexity index is 185. The molecular formula is C9H17NO2. The third kappa shape index (κ3) is 2.81. The van der Waals surface area contributed by atoms with Crippen LogP contribution in [0.1, 0.15) is 33.6 Å². The third-order valence-electron chi connectivity index (χ3n) is 1.80. The molecule has 1 N–H and O–H groups in total. The first-order chi connectivity index (χ1) is 5.49. The summed E-state index contributed by atoms with van der Waals surface area (Å²) in [4.78, 5) is 4.38. The van der Waals surface area contributed by atoms with Gasteiger partial charge in [0, 0.05) is 6.42 Å². The minimum Gasteiger partial charge on any atom is -0.478 e. The zero-order chi connectivity index (χ0) is 9.19. The molecule has 1 atom stereocenters. The summed E-state index contributed by atoms with van der Waals surface area (Å²) in [5, 5.41) is 9.03. The Morgan fingerprint density at radius 1 is 1.67 bits per heavy atom. The summed E-state index contributed by atoms with van der Waals surface area (Å²) in [5.74, 6) is 0.793. The van der Waals surface area contributed by atoms with Crippen molar-refractivity contribution >= 4 is 5.90 Å². The minimum absolute atomic E-state index is 0.0615. The molecule has 0 bridgehead atoms. The molecule has 0 aromatic heterocycles. The van der Waals surface area contributed by atoms with Crippen LogP contribution in [0.5, 0.6) is 0 Å². The molecule has 1 unspecified atom stereocenters. The minimum atomic E-state index is -0.264. The van der Waals surface area contributed by atoms with Gasteiger partial charge in [0.25, 0.3) is 0 Å². The zero-order valence-electron chi connectivity index (χ0n) is 8.00. The first kappa shape index (κ1) is 9.52. The maximum Gasteiger partial charge on any atom is 0.184 e. The van der Waals surface area contributed by atoms with Gasteiger partial charge in [-0.2, -0.15) is 0 Å². The second-order valence-electron chi connectivity index (χ2n) is 3.99. The fourth-order valence-corrected chi connectivity index (χ4v) is 1.12. The average molecular weight is 171 g/mol. The summed E-state index contributed by atoms with van der Waals surface area (Å²) < 4.78 is 5.36. The van der Waals surface area contributed by atoms with E-state index in [2.05, 4.69) is 4.99 Å². The van der Waals surface area contributed by atoms with E-state index in [1.807, 2.05) is 13.8 Å². The van der Waals surface area contributed by atoms with E-state index in [-0.39, 0.29) is 11.6 Å². The number of aliphatic hydroxyl groups is 1. The largest absolute Gasteiger partial charge is 0.478 e. The number of nitrogens with zero attached hydrogens (tertiary/aromatic N) is 1. The number of aliphatic hydroxyl groups excluding tert-OH is 1. The van der Waals surface area contributed by atoms with Gasteiger partial charge in [0.2, 0.25) is 0 Å². The Morgan fingerprint density at radius 3 is 2.75 bits per heavy atom. The predicted molar refractivity (Wildman–Crippen MR) is 48.4 cm³/mol. The van der Waals surface area contributed by atoms with Crippen LogP contribution in [-0.4, -0.2) is 29.3 Å². The normalized spacial score (nSPS) is 23.2. The maximum absolute atomic E-state index is 9.03. The molecule has 0 saturated heterocycles. The third-order valence-corrected chi connectivity index (χ3v) is 1.80. The van der Waals surface area contributed by atoms with Crippen LogP contribution in [0.2, 0.25) is 0 Å². The van der Waals surface area contributed by atoms with E-state index in [9.17, 15) is 0 Å². The van der Waals surface area contributed by atoms with E-state index < -0.39 is 0 Å². The van der Waals surface area contributed by atoms with Crippen molar-refractivity contribution in [2.45, 2.75) is 45.3 Å². The molecule has 12 heavy (non-hydrogen) atoms. The standard InChI is InChI=1S/C9H17NO2/c1-7(11)4-5-8-10-9(2,3)6-12-8/h7,11H,4-6H2,1-3H3. The topological polar surface area (TPSA) is 41.8 Å². The van der Waals surface area contributed by atoms with Crippen molar-refractivity contribution in [2.75, 3.05) is 6.61 Å². The molecule has 3 heteroatoms. The van der Waals surface area contributed by atoms with Crippen LogP contribution in [0.3, 0.4) is 0 Å². The lowest BCUT2D eigenvalue weighted by molar-refractivity contribution is 0.183. The Morgan fingerprint density at radius 2 is 2.33 bits per heavy atom. The number of rotatable bonds is 3. The van der Waals surface area contributed by atoms with Gasteiger partial charge < -0.3 is 9.84 Å². The lowest BCUT2D eigenvalue weighted by atomic mass is 10.1. The first-order valence-corrected chi connectivity index (χ1v) is 4.39. The fourth-order valence-electron chi connectivity index (χ4n) is 1.12. The van der Waals surface area contributed by atoms with Crippen LogP contribution in [0.25, 0.3) is 0 Å². The van der Waals surface area contributed by atoms with Crippen LogP contribution in [0.15, 0.2) is 4.99 Å². The highest BCUT2D eigenvalue weighted by atomic mass is 16.5. The fraction of sp³-hybridized carbons (Fsp3) is 0.889. The van der Waals surface area contributed by atoms with Gasteiger partial charge in [-0.25, -0.2) is 4.99 Å². The van der Waals surface area contributed by atoms with Crippen LogP contribution in [0.4, 0.5) is 0 Å². The Balaban J connectivity index is 2.35. The van der Waals surface area contributed by atoms with Crippen LogP contribution in [-0.2, 0) is 4.74 Å². The Kier molecular flexibility index (Phi) is 2.73. The predicted octanol–water partition coefficient (Wildman–Crippen LogP) is 1.35. The highest BCUT2D eigenvalue weighted by Crippen LogP contribution is 2.19. The molecule has 0 fully saturated rings. The highest BCUT2D eigenvalue weighted by Gasteiger charge is 2.25. The molecule has 70 valence electrons. The molecule has 1 rings (SSSR count). The quantitative estimate of drug-likeness (QED) is 0.696. The van der Waals surface area contributed by atoms with Crippen molar-refractivity contribution in [1.29, 1.82) is 0 Å². The second kappa shape index (κ2) is 3.44. The first-order valence-electron chi connectivity index (χ1n) is 4.39. The SMILES string of the molecule is CC(O)CCC1=NC(C)(C)CO1. The molecule has 0 aliphatic carbocycles. The number of hydrogen-bond donors (Lipinski definition) is 1. The van der Waals surface area contributed by atoms with Crippen molar-refractivity contribution in [2.24, 2.45) is 4.99 Å². The number of aliphatic imine (C=N–C) groups is 1. The second-order valence-corrected chi connectivity index (χ2v) is 3.99. The maximum atomic E-state index is 9.03. The highest BCUT2D eigenvalue weighted by molar-refractivity contribution is 5.78. The number of hydrogen-bond acceptors (Lipinski definition) is 3. The summed E-state index contributed by atoms with van der Waals surface area (Å²) in [6.07, 6.45) is 1.22. The van der Waals surface area contributed by atoms with Crippen LogP contribution in [0, 0.1) is 0 Å². The Labute approximate surface area is 73.5 Å². The molecule has 1 aliphatic rings. The summed E-state index contributed by atoms with van der Waals surface area (Å²) in [5.41, 5.74) is -0.0615. The molecule has 1 heterocycles. The molecular weight excluding hydrogens is 154 g/mol. The van der Waals surface area contributed by atoms with E-state index in [0.29, 0.717) is 6.61 Å². The smallest absolute Gasteiger partial charge is 0.184 e. The van der Waals surface area contributed by atoms with E-state index in [1.54, 1.807) is 6.92 Å². The Hall–Kier alpha value is -0.570. The van der Waals surface area contributed by atoms with Gasteiger partial charge in [0.1, 0.15) is 6.61 Å².